The molecular formula is C18H18N2O2S3. The topological polar surface area (TPSA) is 49.4 Å². The molecule has 3 aromatic rings. The molecule has 0 aliphatic carbocycles. The van der Waals surface area contributed by atoms with Crippen molar-refractivity contribution in [1.82, 2.24) is 10.2 Å². The summed E-state index contributed by atoms with van der Waals surface area (Å²) in [5.41, 5.74) is 0.645. The van der Waals surface area contributed by atoms with Crippen LogP contribution in [0.25, 0.3) is 0 Å². The van der Waals surface area contributed by atoms with Gasteiger partial charge in [-0.05, 0) is 34.3 Å². The van der Waals surface area contributed by atoms with Gasteiger partial charge >= 0.3 is 0 Å². The van der Waals surface area contributed by atoms with Crippen molar-refractivity contribution in [2.75, 3.05) is 6.54 Å². The summed E-state index contributed by atoms with van der Waals surface area (Å²) >= 11 is 4.78. The number of carbonyl (C=O) groups excluding carboxylic acids is 2. The third-order valence-electron chi connectivity index (χ3n) is 3.61. The molecule has 0 aliphatic rings. The van der Waals surface area contributed by atoms with Crippen LogP contribution in [0.3, 0.4) is 0 Å². The minimum Gasteiger partial charge on any atom is -0.351 e. The predicted molar refractivity (Wildman–Crippen MR) is 104 cm³/mol. The molecule has 25 heavy (non-hydrogen) atoms. The van der Waals surface area contributed by atoms with E-state index in [1.54, 1.807) is 34.1 Å². The maximum Gasteiger partial charge on any atom is 0.252 e. The summed E-state index contributed by atoms with van der Waals surface area (Å²) in [6.07, 6.45) is 0.298. The van der Waals surface area contributed by atoms with Crippen LogP contribution >= 0.6 is 34.0 Å². The zero-order valence-corrected chi connectivity index (χ0v) is 16.0. The Morgan fingerprint density at radius 2 is 1.64 bits per heavy atom. The Hall–Kier alpha value is -1.96. The first-order valence-corrected chi connectivity index (χ1v) is 10.6. The van der Waals surface area contributed by atoms with Gasteiger partial charge in [0.05, 0.1) is 13.1 Å². The van der Waals surface area contributed by atoms with Crippen molar-refractivity contribution in [1.29, 1.82) is 0 Å². The van der Waals surface area contributed by atoms with Crippen LogP contribution in [-0.4, -0.2) is 23.3 Å². The van der Waals surface area contributed by atoms with Gasteiger partial charge in [0.15, 0.2) is 0 Å². The number of nitrogens with zero attached hydrogens (tertiary/aromatic N) is 1. The lowest BCUT2D eigenvalue weighted by Crippen LogP contribution is -2.33. The maximum absolute atomic E-state index is 12.6. The van der Waals surface area contributed by atoms with Crippen LogP contribution in [0.5, 0.6) is 0 Å². The monoisotopic (exact) mass is 390 g/mol. The molecule has 0 aromatic carbocycles. The van der Waals surface area contributed by atoms with Crippen molar-refractivity contribution >= 4 is 45.8 Å². The van der Waals surface area contributed by atoms with E-state index in [0.29, 0.717) is 31.6 Å². The smallest absolute Gasteiger partial charge is 0.252 e. The van der Waals surface area contributed by atoms with Gasteiger partial charge in [-0.1, -0.05) is 12.1 Å². The number of thiophene rings is 3. The number of hydrogen-bond donors (Lipinski definition) is 1. The second-order valence-electron chi connectivity index (χ2n) is 5.43. The molecular weight excluding hydrogens is 372 g/mol. The van der Waals surface area contributed by atoms with E-state index < -0.39 is 0 Å². The van der Waals surface area contributed by atoms with Gasteiger partial charge in [0, 0.05) is 33.7 Å². The van der Waals surface area contributed by atoms with Crippen LogP contribution in [-0.2, 0) is 17.9 Å². The van der Waals surface area contributed by atoms with E-state index in [-0.39, 0.29) is 11.8 Å². The number of rotatable bonds is 8. The van der Waals surface area contributed by atoms with Gasteiger partial charge in [-0.15, -0.1) is 22.7 Å². The average molecular weight is 391 g/mol. The highest BCUT2D eigenvalue weighted by atomic mass is 32.1. The zero-order valence-electron chi connectivity index (χ0n) is 13.5. The molecule has 4 nitrogen and oxygen atoms in total. The molecule has 130 valence electrons. The molecule has 7 heteroatoms. The van der Waals surface area contributed by atoms with Crippen molar-refractivity contribution in [3.8, 4) is 0 Å². The summed E-state index contributed by atoms with van der Waals surface area (Å²) in [6, 6.07) is 9.85. The van der Waals surface area contributed by atoms with E-state index in [1.165, 1.54) is 11.3 Å². The molecule has 0 saturated carbocycles. The first-order valence-electron chi connectivity index (χ1n) is 7.85. The quantitative estimate of drug-likeness (QED) is 0.626. The summed E-state index contributed by atoms with van der Waals surface area (Å²) in [5.74, 6) is -0.0791. The molecule has 1 N–H and O–H groups in total. The molecule has 3 heterocycles. The number of hydrogen-bond acceptors (Lipinski definition) is 5. The lowest BCUT2D eigenvalue weighted by Gasteiger charge is -2.21. The Kier molecular flexibility index (Phi) is 6.38. The third kappa shape index (κ3) is 5.26. The van der Waals surface area contributed by atoms with E-state index >= 15 is 0 Å². The van der Waals surface area contributed by atoms with Crippen LogP contribution < -0.4 is 5.32 Å². The van der Waals surface area contributed by atoms with E-state index in [2.05, 4.69) is 5.32 Å². The van der Waals surface area contributed by atoms with Crippen LogP contribution in [0.1, 0.15) is 26.5 Å². The van der Waals surface area contributed by atoms with E-state index in [4.69, 9.17) is 0 Å². The van der Waals surface area contributed by atoms with Crippen molar-refractivity contribution in [2.24, 2.45) is 0 Å². The highest BCUT2D eigenvalue weighted by Crippen LogP contribution is 2.18. The fraction of sp³-hybridized carbons (Fsp3) is 0.222. The standard InChI is InChI=1S/C18H18N2O2S3/c21-17(5-7-19-18(22)14-6-10-23-13-14)20(11-15-3-1-8-24-15)12-16-4-2-9-25-16/h1-4,6,8-10,13H,5,7,11-12H2,(H,19,22). The normalized spacial score (nSPS) is 10.6. The minimum absolute atomic E-state index is 0.0485. The highest BCUT2D eigenvalue weighted by molar-refractivity contribution is 7.10. The number of carbonyl (C=O) groups is 2. The number of nitrogens with one attached hydrogen (secondary N) is 1. The van der Waals surface area contributed by atoms with Crippen LogP contribution in [0, 0.1) is 0 Å². The molecule has 0 atom stereocenters. The van der Waals surface area contributed by atoms with Crippen molar-refractivity contribution in [2.45, 2.75) is 19.5 Å². The van der Waals surface area contributed by atoms with Crippen LogP contribution in [0.2, 0.25) is 0 Å². The fourth-order valence-electron chi connectivity index (χ4n) is 2.35. The van der Waals surface area contributed by atoms with E-state index in [1.807, 2.05) is 45.3 Å². The molecule has 3 aromatic heterocycles. The number of amides is 2. The van der Waals surface area contributed by atoms with Crippen molar-refractivity contribution < 1.29 is 9.59 Å². The molecule has 3 rings (SSSR count). The summed E-state index contributed by atoms with van der Waals surface area (Å²) in [5, 5.41) is 10.5. The summed E-state index contributed by atoms with van der Waals surface area (Å²) in [6.45, 7) is 1.55. The van der Waals surface area contributed by atoms with Crippen LogP contribution in [0.15, 0.2) is 51.9 Å². The molecule has 0 bridgehead atoms. The summed E-state index contributed by atoms with van der Waals surface area (Å²) in [4.78, 5) is 28.8. The van der Waals surface area contributed by atoms with Gasteiger partial charge in [0.2, 0.25) is 5.91 Å². The first-order chi connectivity index (χ1) is 12.2. The highest BCUT2D eigenvalue weighted by Gasteiger charge is 2.16. The van der Waals surface area contributed by atoms with Crippen LogP contribution in [0.4, 0.5) is 0 Å². The van der Waals surface area contributed by atoms with Crippen molar-refractivity contribution in [3.05, 3.63) is 67.2 Å². The molecule has 2 amide bonds. The third-order valence-corrected chi connectivity index (χ3v) is 6.02. The fourth-order valence-corrected chi connectivity index (χ4v) is 4.43. The van der Waals surface area contributed by atoms with Gasteiger partial charge in [0.25, 0.3) is 5.91 Å². The van der Waals surface area contributed by atoms with Gasteiger partial charge in [-0.25, -0.2) is 0 Å². The maximum atomic E-state index is 12.6. The molecule has 0 aliphatic heterocycles. The average Bonchev–Trinajstić information content (AvgIpc) is 3.37. The Morgan fingerprint density at radius 3 is 2.16 bits per heavy atom. The Balaban J connectivity index is 1.55. The molecule has 0 unspecified atom stereocenters. The summed E-state index contributed by atoms with van der Waals surface area (Å²) in [7, 11) is 0. The SMILES string of the molecule is O=C(NCCC(=O)N(Cc1cccs1)Cc1cccs1)c1ccsc1. The second kappa shape index (κ2) is 8.94. The molecule has 0 saturated heterocycles. The Labute approximate surface area is 158 Å². The lowest BCUT2D eigenvalue weighted by molar-refractivity contribution is -0.132. The second-order valence-corrected chi connectivity index (χ2v) is 8.27. The molecule has 0 fully saturated rings. The zero-order chi connectivity index (χ0) is 17.5. The Bertz CT molecular complexity index is 744. The minimum atomic E-state index is -0.128. The van der Waals surface area contributed by atoms with Gasteiger partial charge in [0.1, 0.15) is 0 Å². The summed E-state index contributed by atoms with van der Waals surface area (Å²) < 4.78 is 0. The van der Waals surface area contributed by atoms with E-state index in [0.717, 1.165) is 9.75 Å². The van der Waals surface area contributed by atoms with Gasteiger partial charge < -0.3 is 10.2 Å². The molecule has 0 spiro atoms. The van der Waals surface area contributed by atoms with Gasteiger partial charge in [-0.2, -0.15) is 11.3 Å². The first kappa shape index (κ1) is 17.8. The van der Waals surface area contributed by atoms with Gasteiger partial charge in [-0.3, -0.25) is 9.59 Å². The van der Waals surface area contributed by atoms with E-state index in [9.17, 15) is 9.59 Å². The Morgan fingerprint density at radius 1 is 0.960 bits per heavy atom. The predicted octanol–water partition coefficient (Wildman–Crippen LogP) is 4.22. The largest absolute Gasteiger partial charge is 0.351 e. The molecule has 0 radical (unpaired) electrons. The van der Waals surface area contributed by atoms with Crippen molar-refractivity contribution in [3.63, 3.8) is 0 Å². The lowest BCUT2D eigenvalue weighted by atomic mass is 10.3.